The molecule has 0 atom stereocenters. The van der Waals surface area contributed by atoms with Crippen molar-refractivity contribution >= 4 is 31.4 Å². The van der Waals surface area contributed by atoms with Gasteiger partial charge in [-0.2, -0.15) is 0 Å². The summed E-state index contributed by atoms with van der Waals surface area (Å²) in [5.74, 6) is 2.12. The molecular weight excluding hydrogens is 360 g/mol. The van der Waals surface area contributed by atoms with Gasteiger partial charge in [0.25, 0.3) is 0 Å². The van der Waals surface area contributed by atoms with Gasteiger partial charge in [-0.3, -0.25) is 0 Å². The lowest BCUT2D eigenvalue weighted by Gasteiger charge is -2.19. The smallest absolute Gasteiger partial charge is 0.0296 e. The van der Waals surface area contributed by atoms with Crippen LogP contribution in [0.4, 0.5) is 0 Å². The van der Waals surface area contributed by atoms with Crippen LogP contribution in [0.2, 0.25) is 0 Å². The molecule has 0 aliphatic rings. The third-order valence-electron chi connectivity index (χ3n) is 4.19. The monoisotopic (exact) mass is 390 g/mol. The first-order chi connectivity index (χ1) is 11.7. The van der Waals surface area contributed by atoms with Gasteiger partial charge in [-0.1, -0.05) is 112 Å². The lowest BCUT2D eigenvalue weighted by atomic mass is 9.87. The summed E-state index contributed by atoms with van der Waals surface area (Å²) in [5.41, 5.74) is 6.09. The van der Waals surface area contributed by atoms with Gasteiger partial charge in [0.1, 0.15) is 0 Å². The average Bonchev–Trinajstić information content (AvgIpc) is 2.54. The van der Waals surface area contributed by atoms with Gasteiger partial charge in [0.05, 0.1) is 0 Å². The average molecular weight is 391 g/mol. The normalized spacial score (nSPS) is 12.4. The van der Waals surface area contributed by atoms with Gasteiger partial charge in [0.2, 0.25) is 0 Å². The minimum Gasteiger partial charge on any atom is -0.0777 e. The molecule has 0 fully saturated rings. The second-order valence-electron chi connectivity index (χ2n) is 8.49. The van der Waals surface area contributed by atoms with Crippen LogP contribution in [0.5, 0.6) is 0 Å². The summed E-state index contributed by atoms with van der Waals surface area (Å²) in [6, 6.07) is 18.1. The van der Waals surface area contributed by atoms with Crippen molar-refractivity contribution in [1.29, 1.82) is 0 Å². The van der Waals surface area contributed by atoms with E-state index >= 15 is 0 Å². The Morgan fingerprint density at radius 2 is 0.880 bits per heavy atom. The summed E-state index contributed by atoms with van der Waals surface area (Å²) in [6.45, 7) is 13.6. The molecule has 25 heavy (non-hydrogen) atoms. The van der Waals surface area contributed by atoms with Gasteiger partial charge in [0, 0.05) is 11.5 Å². The van der Waals surface area contributed by atoms with Crippen molar-refractivity contribution < 1.29 is 0 Å². The topological polar surface area (TPSA) is 0 Å². The Kier molecular flexibility index (Phi) is 7.42. The van der Waals surface area contributed by atoms with Crippen LogP contribution in [-0.4, -0.2) is 0 Å². The molecule has 0 aliphatic carbocycles. The van der Waals surface area contributed by atoms with E-state index in [2.05, 4.69) is 90.1 Å². The van der Waals surface area contributed by atoms with Gasteiger partial charge in [-0.15, -0.1) is 0 Å². The molecule has 0 aromatic heterocycles. The fourth-order valence-corrected chi connectivity index (χ4v) is 6.03. The Morgan fingerprint density at radius 3 is 1.16 bits per heavy atom. The third-order valence-corrected chi connectivity index (χ3v) is 8.30. The third kappa shape index (κ3) is 6.96. The maximum atomic E-state index is 2.27. The second kappa shape index (κ2) is 8.92. The highest BCUT2D eigenvalue weighted by molar-refractivity contribution is 9.09. The van der Waals surface area contributed by atoms with E-state index in [9.17, 15) is 0 Å². The minimum atomic E-state index is 0.235. The van der Waals surface area contributed by atoms with Crippen LogP contribution in [0, 0.1) is 0 Å². The molecule has 0 saturated carbocycles. The lowest BCUT2D eigenvalue weighted by Crippen LogP contribution is -2.10. The van der Waals surface area contributed by atoms with E-state index in [-0.39, 0.29) is 10.8 Å². The molecule has 136 valence electrons. The predicted molar refractivity (Wildman–Crippen MR) is 120 cm³/mol. The summed E-state index contributed by atoms with van der Waals surface area (Å²) in [6.07, 6.45) is 0. The Labute approximate surface area is 165 Å². The first-order valence-corrected chi connectivity index (χ1v) is 12.6. The highest BCUT2D eigenvalue weighted by atomic mass is 33.5. The van der Waals surface area contributed by atoms with E-state index in [0.29, 0.717) is 0 Å². The van der Waals surface area contributed by atoms with Crippen molar-refractivity contribution in [2.75, 3.05) is 0 Å². The zero-order valence-corrected chi connectivity index (χ0v) is 18.7. The van der Waals surface area contributed by atoms with Crippen molar-refractivity contribution in [3.63, 3.8) is 0 Å². The summed E-state index contributed by atoms with van der Waals surface area (Å²) in [5, 5.41) is 0. The van der Waals surface area contributed by atoms with Crippen LogP contribution in [0.3, 0.4) is 0 Å². The Hall–Kier alpha value is -0.510. The molecule has 2 rings (SSSR count). The van der Waals surface area contributed by atoms with E-state index < -0.39 is 0 Å². The molecule has 0 N–H and O–H groups in total. The molecule has 0 radical (unpaired) electrons. The van der Waals surface area contributed by atoms with E-state index in [1.807, 2.05) is 31.4 Å². The van der Waals surface area contributed by atoms with Crippen molar-refractivity contribution in [3.8, 4) is 0 Å². The van der Waals surface area contributed by atoms with E-state index in [1.165, 1.54) is 22.3 Å². The molecule has 0 heterocycles. The van der Waals surface area contributed by atoms with Crippen LogP contribution in [0.15, 0.2) is 48.5 Å². The summed E-state index contributed by atoms with van der Waals surface area (Å²) >= 11 is 0. The first kappa shape index (κ1) is 20.8. The van der Waals surface area contributed by atoms with Crippen molar-refractivity contribution in [2.24, 2.45) is 0 Å². The standard InChI is InChI=1S/C22H30S3/c1-21(2,3)19-11-7-17(8-12-19)15-23-25-24-16-18-9-13-20(14-10-18)22(4,5)6/h7-14H,15-16H2,1-6H3. The van der Waals surface area contributed by atoms with Gasteiger partial charge in [0.15, 0.2) is 0 Å². The maximum absolute atomic E-state index is 2.27. The lowest BCUT2D eigenvalue weighted by molar-refractivity contribution is 0.590. The molecule has 0 unspecified atom stereocenters. The van der Waals surface area contributed by atoms with Crippen LogP contribution in [0.25, 0.3) is 0 Å². The molecule has 0 amide bonds. The van der Waals surface area contributed by atoms with Crippen LogP contribution in [0.1, 0.15) is 63.8 Å². The SMILES string of the molecule is CC(C)(C)c1ccc(CSSSCc2ccc(C(C)(C)C)cc2)cc1. The van der Waals surface area contributed by atoms with Gasteiger partial charge in [-0.05, 0) is 42.9 Å². The van der Waals surface area contributed by atoms with Crippen LogP contribution >= 0.6 is 31.4 Å². The molecule has 3 heteroatoms. The molecule has 2 aromatic carbocycles. The van der Waals surface area contributed by atoms with Gasteiger partial charge in [-0.25, -0.2) is 0 Å². The maximum Gasteiger partial charge on any atom is 0.0296 e. The fourth-order valence-electron chi connectivity index (χ4n) is 2.42. The number of benzene rings is 2. The molecular formula is C22H30S3. The van der Waals surface area contributed by atoms with Crippen molar-refractivity contribution in [1.82, 2.24) is 0 Å². The molecule has 0 bridgehead atoms. The Bertz CT molecular complexity index is 584. The van der Waals surface area contributed by atoms with Gasteiger partial charge >= 0.3 is 0 Å². The van der Waals surface area contributed by atoms with Crippen molar-refractivity contribution in [2.45, 2.75) is 63.9 Å². The van der Waals surface area contributed by atoms with Crippen LogP contribution < -0.4 is 0 Å². The number of hydrogen-bond acceptors (Lipinski definition) is 3. The second-order valence-corrected chi connectivity index (χ2v) is 12.7. The Morgan fingerprint density at radius 1 is 0.560 bits per heavy atom. The van der Waals surface area contributed by atoms with Gasteiger partial charge < -0.3 is 0 Å². The largest absolute Gasteiger partial charge is 0.0777 e. The highest BCUT2D eigenvalue weighted by Gasteiger charge is 2.13. The molecule has 0 nitrogen and oxygen atoms in total. The molecule has 0 aliphatic heterocycles. The Balaban J connectivity index is 1.71. The first-order valence-electron chi connectivity index (χ1n) is 8.76. The minimum absolute atomic E-state index is 0.235. The van der Waals surface area contributed by atoms with Crippen LogP contribution in [-0.2, 0) is 22.3 Å². The molecule has 2 aromatic rings. The van der Waals surface area contributed by atoms with E-state index in [1.54, 1.807) is 0 Å². The molecule has 0 spiro atoms. The van der Waals surface area contributed by atoms with E-state index in [4.69, 9.17) is 0 Å². The zero-order valence-electron chi connectivity index (χ0n) is 16.3. The highest BCUT2D eigenvalue weighted by Crippen LogP contribution is 2.39. The number of hydrogen-bond donors (Lipinski definition) is 0. The quantitative estimate of drug-likeness (QED) is 0.362. The summed E-state index contributed by atoms with van der Waals surface area (Å²) in [7, 11) is 5.75. The number of rotatable bonds is 6. The predicted octanol–water partition coefficient (Wildman–Crippen LogP) is 8.01. The molecule has 0 saturated heterocycles. The zero-order chi connectivity index (χ0) is 18.5. The van der Waals surface area contributed by atoms with E-state index in [0.717, 1.165) is 11.5 Å². The summed E-state index contributed by atoms with van der Waals surface area (Å²) in [4.78, 5) is 0. The van der Waals surface area contributed by atoms with Crippen molar-refractivity contribution in [3.05, 3.63) is 70.8 Å². The summed E-state index contributed by atoms with van der Waals surface area (Å²) < 4.78 is 0. The fraction of sp³-hybridized carbons (Fsp3) is 0.455.